The van der Waals surface area contributed by atoms with Crippen LogP contribution in [0.4, 0.5) is 0 Å². The average Bonchev–Trinajstić information content (AvgIpc) is 2.37. The second kappa shape index (κ2) is 7.03. The third kappa shape index (κ3) is 4.99. The maximum atomic E-state index is 11.9. The Balaban J connectivity index is 2.57. The predicted molar refractivity (Wildman–Crippen MR) is 72.2 cm³/mol. The van der Waals surface area contributed by atoms with E-state index >= 15 is 0 Å². The minimum absolute atomic E-state index is 0.0338. The van der Waals surface area contributed by atoms with E-state index in [4.69, 9.17) is 10.00 Å². The lowest BCUT2D eigenvalue weighted by molar-refractivity contribution is -0.147. The summed E-state index contributed by atoms with van der Waals surface area (Å²) in [6.45, 7) is 3.41. The standard InChI is InChI=1S/C13H16N2O4S/c1-10(2)19-13(16)7-8-15-20(17,18)12-5-3-11(9-14)4-6-12/h3-6,10,15H,7-8H2,1-2H3. The molecule has 20 heavy (non-hydrogen) atoms. The van der Waals surface area contributed by atoms with Crippen molar-refractivity contribution in [2.24, 2.45) is 0 Å². The third-order valence-electron chi connectivity index (χ3n) is 2.28. The fraction of sp³-hybridized carbons (Fsp3) is 0.385. The highest BCUT2D eigenvalue weighted by Gasteiger charge is 2.14. The first-order chi connectivity index (χ1) is 9.35. The molecule has 0 saturated heterocycles. The fourth-order valence-corrected chi connectivity index (χ4v) is 2.43. The van der Waals surface area contributed by atoms with Gasteiger partial charge in [0, 0.05) is 6.54 Å². The van der Waals surface area contributed by atoms with Crippen molar-refractivity contribution in [3.63, 3.8) is 0 Å². The molecule has 0 aromatic heterocycles. The van der Waals surface area contributed by atoms with Gasteiger partial charge in [0.2, 0.25) is 10.0 Å². The van der Waals surface area contributed by atoms with Crippen LogP contribution >= 0.6 is 0 Å². The molecule has 7 heteroatoms. The molecule has 0 fully saturated rings. The van der Waals surface area contributed by atoms with Crippen LogP contribution in [0.15, 0.2) is 29.2 Å². The first-order valence-corrected chi connectivity index (χ1v) is 7.53. The van der Waals surface area contributed by atoms with Gasteiger partial charge in [-0.3, -0.25) is 4.79 Å². The Labute approximate surface area is 118 Å². The maximum Gasteiger partial charge on any atom is 0.307 e. The Bertz CT molecular complexity index is 600. The van der Waals surface area contributed by atoms with Gasteiger partial charge in [0.05, 0.1) is 29.1 Å². The highest BCUT2D eigenvalue weighted by molar-refractivity contribution is 7.89. The van der Waals surface area contributed by atoms with Gasteiger partial charge in [-0.15, -0.1) is 0 Å². The number of carbonyl (C=O) groups is 1. The van der Waals surface area contributed by atoms with E-state index in [0.717, 1.165) is 0 Å². The third-order valence-corrected chi connectivity index (χ3v) is 3.76. The van der Waals surface area contributed by atoms with E-state index in [0.29, 0.717) is 5.56 Å². The molecule has 0 aliphatic carbocycles. The average molecular weight is 296 g/mol. The van der Waals surface area contributed by atoms with Crippen LogP contribution in [-0.4, -0.2) is 27.0 Å². The SMILES string of the molecule is CC(C)OC(=O)CCNS(=O)(=O)c1ccc(C#N)cc1. The molecule has 0 aliphatic heterocycles. The molecular weight excluding hydrogens is 280 g/mol. The van der Waals surface area contributed by atoms with Crippen LogP contribution in [0.5, 0.6) is 0 Å². The van der Waals surface area contributed by atoms with Crippen LogP contribution in [0.2, 0.25) is 0 Å². The Hall–Kier alpha value is -1.91. The van der Waals surface area contributed by atoms with E-state index in [1.165, 1.54) is 24.3 Å². The quantitative estimate of drug-likeness (QED) is 0.795. The number of hydrogen-bond acceptors (Lipinski definition) is 5. The number of nitriles is 1. The van der Waals surface area contributed by atoms with E-state index in [-0.39, 0.29) is 24.0 Å². The zero-order valence-electron chi connectivity index (χ0n) is 11.3. The molecule has 0 amide bonds. The Morgan fingerprint density at radius 2 is 1.95 bits per heavy atom. The summed E-state index contributed by atoms with van der Waals surface area (Å²) in [6, 6.07) is 7.42. The molecule has 6 nitrogen and oxygen atoms in total. The number of ether oxygens (including phenoxy) is 1. The molecule has 0 saturated carbocycles. The van der Waals surface area contributed by atoms with Gasteiger partial charge in [0.25, 0.3) is 0 Å². The second-order valence-electron chi connectivity index (χ2n) is 4.32. The van der Waals surface area contributed by atoms with Crippen LogP contribution in [0, 0.1) is 11.3 Å². The highest BCUT2D eigenvalue weighted by Crippen LogP contribution is 2.09. The van der Waals surface area contributed by atoms with E-state index in [2.05, 4.69) is 4.72 Å². The van der Waals surface area contributed by atoms with Crippen molar-refractivity contribution < 1.29 is 17.9 Å². The van der Waals surface area contributed by atoms with Crippen molar-refractivity contribution in [3.05, 3.63) is 29.8 Å². The van der Waals surface area contributed by atoms with E-state index in [1.807, 2.05) is 6.07 Å². The molecular formula is C13H16N2O4S. The van der Waals surface area contributed by atoms with Gasteiger partial charge in [-0.1, -0.05) is 0 Å². The normalized spacial score (nSPS) is 11.1. The zero-order valence-corrected chi connectivity index (χ0v) is 12.1. The van der Waals surface area contributed by atoms with Crippen molar-refractivity contribution in [2.45, 2.75) is 31.3 Å². The molecule has 1 N–H and O–H groups in total. The van der Waals surface area contributed by atoms with Gasteiger partial charge in [-0.25, -0.2) is 13.1 Å². The first kappa shape index (κ1) is 16.1. The van der Waals surface area contributed by atoms with Crippen molar-refractivity contribution in [1.29, 1.82) is 5.26 Å². The smallest absolute Gasteiger partial charge is 0.307 e. The summed E-state index contributed by atoms with van der Waals surface area (Å²) < 4.78 is 31.0. The van der Waals surface area contributed by atoms with Crippen molar-refractivity contribution >= 4 is 16.0 Å². The van der Waals surface area contributed by atoms with Gasteiger partial charge in [0.15, 0.2) is 0 Å². The summed E-state index contributed by atoms with van der Waals surface area (Å²) in [5.41, 5.74) is 0.379. The number of benzene rings is 1. The van der Waals surface area contributed by atoms with E-state index in [9.17, 15) is 13.2 Å². The topological polar surface area (TPSA) is 96.3 Å². The number of carbonyl (C=O) groups excluding carboxylic acids is 1. The van der Waals surface area contributed by atoms with Gasteiger partial charge in [-0.05, 0) is 38.1 Å². The molecule has 0 unspecified atom stereocenters. The molecule has 108 valence electrons. The lowest BCUT2D eigenvalue weighted by atomic mass is 10.2. The summed E-state index contributed by atoms with van der Waals surface area (Å²) in [5.74, 6) is -0.456. The molecule has 0 radical (unpaired) electrons. The first-order valence-electron chi connectivity index (χ1n) is 6.04. The summed E-state index contributed by atoms with van der Waals surface area (Å²) in [6.07, 6.45) is -0.258. The molecule has 1 aromatic carbocycles. The van der Waals surface area contributed by atoms with Gasteiger partial charge in [0.1, 0.15) is 0 Å². The van der Waals surface area contributed by atoms with Crippen molar-refractivity contribution in [1.82, 2.24) is 4.72 Å². The van der Waals surface area contributed by atoms with Crippen LogP contribution in [0.25, 0.3) is 0 Å². The summed E-state index contributed by atoms with van der Waals surface area (Å²) >= 11 is 0. The van der Waals surface area contributed by atoms with Crippen LogP contribution in [0.3, 0.4) is 0 Å². The lowest BCUT2D eigenvalue weighted by Crippen LogP contribution is -2.27. The van der Waals surface area contributed by atoms with Gasteiger partial charge in [-0.2, -0.15) is 5.26 Å². The maximum absolute atomic E-state index is 11.9. The summed E-state index contributed by atoms with van der Waals surface area (Å²) in [7, 11) is -3.68. The molecule has 0 heterocycles. The zero-order chi connectivity index (χ0) is 15.2. The summed E-state index contributed by atoms with van der Waals surface area (Å²) in [4.78, 5) is 11.3. The number of nitrogens with one attached hydrogen (secondary N) is 1. The molecule has 0 bridgehead atoms. The van der Waals surface area contributed by atoms with E-state index < -0.39 is 16.0 Å². The minimum atomic E-state index is -3.68. The van der Waals surface area contributed by atoms with E-state index in [1.54, 1.807) is 13.8 Å². The summed E-state index contributed by atoms with van der Waals surface area (Å²) in [5, 5.41) is 8.64. The van der Waals surface area contributed by atoms with Gasteiger partial charge >= 0.3 is 5.97 Å². The van der Waals surface area contributed by atoms with Crippen LogP contribution < -0.4 is 4.72 Å². The number of sulfonamides is 1. The minimum Gasteiger partial charge on any atom is -0.463 e. The predicted octanol–water partition coefficient (Wildman–Crippen LogP) is 1.18. The molecule has 0 atom stereocenters. The molecule has 1 rings (SSSR count). The second-order valence-corrected chi connectivity index (χ2v) is 6.09. The highest BCUT2D eigenvalue weighted by atomic mass is 32.2. The Morgan fingerprint density at radius 3 is 2.45 bits per heavy atom. The molecule has 1 aromatic rings. The molecule has 0 aliphatic rings. The number of esters is 1. The Morgan fingerprint density at radius 1 is 1.35 bits per heavy atom. The Kier molecular flexibility index (Phi) is 5.67. The van der Waals surface area contributed by atoms with Gasteiger partial charge < -0.3 is 4.74 Å². The largest absolute Gasteiger partial charge is 0.463 e. The monoisotopic (exact) mass is 296 g/mol. The van der Waals surface area contributed by atoms with Crippen molar-refractivity contribution in [3.8, 4) is 6.07 Å². The number of rotatable bonds is 6. The number of hydrogen-bond donors (Lipinski definition) is 1. The lowest BCUT2D eigenvalue weighted by Gasteiger charge is -2.09. The van der Waals surface area contributed by atoms with Crippen LogP contribution in [-0.2, 0) is 19.6 Å². The molecule has 0 spiro atoms. The number of nitrogens with zero attached hydrogens (tertiary/aromatic N) is 1. The van der Waals surface area contributed by atoms with Crippen molar-refractivity contribution in [2.75, 3.05) is 6.54 Å². The fourth-order valence-electron chi connectivity index (χ4n) is 1.40. The van der Waals surface area contributed by atoms with Crippen LogP contribution in [0.1, 0.15) is 25.8 Å².